The van der Waals surface area contributed by atoms with E-state index in [1.165, 1.54) is 6.92 Å². The van der Waals surface area contributed by atoms with Gasteiger partial charge in [0.1, 0.15) is 6.10 Å². The number of carbonyl (C=O) groups is 2. The van der Waals surface area contributed by atoms with Crippen molar-refractivity contribution in [2.45, 2.75) is 78.1 Å². The zero-order valence-electron chi connectivity index (χ0n) is 16.8. The van der Waals surface area contributed by atoms with Gasteiger partial charge in [-0.25, -0.2) is 0 Å². The van der Waals surface area contributed by atoms with Gasteiger partial charge in [0.15, 0.2) is 5.78 Å². The van der Waals surface area contributed by atoms with Crippen LogP contribution in [0.2, 0.25) is 0 Å². The molecule has 0 radical (unpaired) electrons. The highest BCUT2D eigenvalue weighted by atomic mass is 16.5. The lowest BCUT2D eigenvalue weighted by molar-refractivity contribution is -0.243. The van der Waals surface area contributed by atoms with E-state index in [-0.39, 0.29) is 34.4 Å². The number of fused-ring (bicyclic) bond motifs is 3. The Balaban J connectivity index is 1.87. The minimum absolute atomic E-state index is 0.0714. The van der Waals surface area contributed by atoms with Gasteiger partial charge in [-0.2, -0.15) is 0 Å². The number of Topliss-reactive ketones (excluding diaryl/α,β-unsaturated/α-hetero) is 1. The molecule has 4 aliphatic carbocycles. The van der Waals surface area contributed by atoms with Crippen LogP contribution >= 0.6 is 0 Å². The summed E-state index contributed by atoms with van der Waals surface area (Å²) in [6, 6.07) is 0. The third-order valence-corrected chi connectivity index (χ3v) is 8.92. The third kappa shape index (κ3) is 2.13. The molecule has 2 N–H and O–H groups in total. The minimum atomic E-state index is -1.07. The van der Waals surface area contributed by atoms with Crippen molar-refractivity contribution in [2.24, 2.45) is 34.0 Å². The highest BCUT2D eigenvalue weighted by Crippen LogP contribution is 2.71. The normalized spacial score (nSPS) is 50.7. The van der Waals surface area contributed by atoms with Gasteiger partial charge in [0.05, 0.1) is 17.6 Å². The molecule has 0 aromatic carbocycles. The second-order valence-corrected chi connectivity index (χ2v) is 10.2. The van der Waals surface area contributed by atoms with Crippen LogP contribution in [-0.2, 0) is 14.3 Å². The maximum absolute atomic E-state index is 13.5. The molecule has 150 valence electrons. The maximum atomic E-state index is 13.5. The molecule has 0 saturated heterocycles. The van der Waals surface area contributed by atoms with Gasteiger partial charge >= 0.3 is 5.97 Å². The van der Waals surface area contributed by atoms with Crippen LogP contribution in [0.15, 0.2) is 12.2 Å². The van der Waals surface area contributed by atoms with Crippen LogP contribution < -0.4 is 0 Å². The topological polar surface area (TPSA) is 83.8 Å². The van der Waals surface area contributed by atoms with E-state index in [1.54, 1.807) is 0 Å². The van der Waals surface area contributed by atoms with E-state index in [0.29, 0.717) is 18.4 Å². The molecule has 1 unspecified atom stereocenters. The second kappa shape index (κ2) is 5.66. The van der Waals surface area contributed by atoms with E-state index in [0.717, 1.165) is 19.3 Å². The summed E-state index contributed by atoms with van der Waals surface area (Å²) in [5, 5.41) is 22.0. The number of hydrogen-bond acceptors (Lipinski definition) is 5. The molecule has 4 fully saturated rings. The molecule has 5 nitrogen and oxygen atoms in total. The maximum Gasteiger partial charge on any atom is 0.302 e. The Kier molecular flexibility index (Phi) is 4.01. The molecule has 0 aromatic rings. The molecule has 4 saturated carbocycles. The van der Waals surface area contributed by atoms with Gasteiger partial charge in [0, 0.05) is 12.8 Å². The molecule has 0 amide bonds. The van der Waals surface area contributed by atoms with Crippen LogP contribution in [0.3, 0.4) is 0 Å². The molecule has 0 aliphatic heterocycles. The lowest BCUT2D eigenvalue weighted by atomic mass is 9.39. The predicted molar refractivity (Wildman–Crippen MR) is 99.6 cm³/mol. The van der Waals surface area contributed by atoms with Crippen LogP contribution in [0.25, 0.3) is 0 Å². The summed E-state index contributed by atoms with van der Waals surface area (Å²) in [5.41, 5.74) is -1.08. The number of rotatable bonds is 1. The molecular weight excluding hydrogens is 344 g/mol. The average molecular weight is 376 g/mol. The van der Waals surface area contributed by atoms with Crippen molar-refractivity contribution in [3.8, 4) is 0 Å². The van der Waals surface area contributed by atoms with Crippen LogP contribution in [0.1, 0.15) is 59.8 Å². The zero-order valence-corrected chi connectivity index (χ0v) is 16.8. The first-order chi connectivity index (χ1) is 12.5. The molecule has 4 rings (SSSR count). The van der Waals surface area contributed by atoms with Crippen molar-refractivity contribution >= 4 is 11.8 Å². The Bertz CT molecular complexity index is 711. The SMILES string of the molecule is C=C1C(=O)[C@@]23[C@H](O)C[C@@H]4C(C)(C)C(O)CC[C@@]4(C)[C@@H]2CC[C@@H]1[C@@H]3OC(C)=O. The first-order valence-corrected chi connectivity index (χ1v) is 10.3. The van der Waals surface area contributed by atoms with E-state index in [4.69, 9.17) is 4.74 Å². The van der Waals surface area contributed by atoms with E-state index >= 15 is 0 Å². The van der Waals surface area contributed by atoms with Gasteiger partial charge < -0.3 is 14.9 Å². The summed E-state index contributed by atoms with van der Waals surface area (Å²) in [6.45, 7) is 11.8. The Morgan fingerprint density at radius 1 is 1.11 bits per heavy atom. The van der Waals surface area contributed by atoms with E-state index in [1.807, 2.05) is 0 Å². The summed E-state index contributed by atoms with van der Waals surface area (Å²) in [7, 11) is 0. The highest BCUT2D eigenvalue weighted by molar-refractivity contribution is 6.04. The molecule has 1 spiro atoms. The average Bonchev–Trinajstić information content (AvgIpc) is 2.70. The van der Waals surface area contributed by atoms with Gasteiger partial charge in [0.25, 0.3) is 0 Å². The smallest absolute Gasteiger partial charge is 0.302 e. The Morgan fingerprint density at radius 2 is 1.78 bits per heavy atom. The lowest BCUT2D eigenvalue weighted by Crippen LogP contribution is -2.68. The molecule has 0 heterocycles. The number of aliphatic hydroxyl groups is 2. The monoisotopic (exact) mass is 376 g/mol. The van der Waals surface area contributed by atoms with Crippen molar-refractivity contribution in [3.63, 3.8) is 0 Å². The number of esters is 1. The Hall–Kier alpha value is -1.20. The third-order valence-electron chi connectivity index (χ3n) is 8.92. The van der Waals surface area contributed by atoms with Crippen LogP contribution in [0.4, 0.5) is 0 Å². The van der Waals surface area contributed by atoms with Gasteiger partial charge in [-0.1, -0.05) is 27.4 Å². The Morgan fingerprint density at radius 3 is 2.41 bits per heavy atom. The zero-order chi connectivity index (χ0) is 19.9. The van der Waals surface area contributed by atoms with Crippen molar-refractivity contribution in [1.82, 2.24) is 0 Å². The van der Waals surface area contributed by atoms with E-state index in [9.17, 15) is 19.8 Å². The minimum Gasteiger partial charge on any atom is -0.461 e. The van der Waals surface area contributed by atoms with Crippen molar-refractivity contribution in [3.05, 3.63) is 12.2 Å². The number of ether oxygens (including phenoxy) is 1. The lowest BCUT2D eigenvalue weighted by Gasteiger charge is -2.66. The second-order valence-electron chi connectivity index (χ2n) is 10.2. The van der Waals surface area contributed by atoms with Gasteiger partial charge in [-0.3, -0.25) is 9.59 Å². The molecule has 2 bridgehead atoms. The standard InChI is InChI=1S/C22H32O5/c1-11-13-6-7-14-21(5)9-8-16(24)20(3,4)15(21)10-17(25)22(14,18(11)26)19(13)27-12(2)23/h13-17,19,24-25H,1,6-10H2,2-5H3/t13-,14-,15+,16?,17+,19-,21-,22-/m0/s1. The van der Waals surface area contributed by atoms with Gasteiger partial charge in [-0.15, -0.1) is 0 Å². The first-order valence-electron chi connectivity index (χ1n) is 10.3. The van der Waals surface area contributed by atoms with Crippen LogP contribution in [-0.4, -0.2) is 40.3 Å². The largest absolute Gasteiger partial charge is 0.461 e. The highest BCUT2D eigenvalue weighted by Gasteiger charge is 2.75. The molecule has 5 heteroatoms. The number of aliphatic hydroxyl groups excluding tert-OH is 2. The van der Waals surface area contributed by atoms with Gasteiger partial charge in [-0.05, 0) is 60.3 Å². The summed E-state index contributed by atoms with van der Waals surface area (Å²) in [5.74, 6) is -0.660. The van der Waals surface area contributed by atoms with E-state index in [2.05, 4.69) is 27.4 Å². The summed E-state index contributed by atoms with van der Waals surface area (Å²) in [4.78, 5) is 25.3. The fourth-order valence-corrected chi connectivity index (χ4v) is 7.65. The fraction of sp³-hybridized carbons (Fsp3) is 0.818. The molecule has 0 aromatic heterocycles. The number of hydrogen-bond donors (Lipinski definition) is 2. The summed E-state index contributed by atoms with van der Waals surface area (Å²) in [6.07, 6.45) is 1.63. The van der Waals surface area contributed by atoms with Crippen LogP contribution in [0.5, 0.6) is 0 Å². The summed E-state index contributed by atoms with van der Waals surface area (Å²) < 4.78 is 5.72. The van der Waals surface area contributed by atoms with Crippen molar-refractivity contribution in [2.75, 3.05) is 0 Å². The van der Waals surface area contributed by atoms with Crippen molar-refractivity contribution in [1.29, 1.82) is 0 Å². The van der Waals surface area contributed by atoms with Gasteiger partial charge in [0.2, 0.25) is 0 Å². The molecule has 4 aliphatic rings. The Labute approximate surface area is 161 Å². The van der Waals surface area contributed by atoms with Crippen molar-refractivity contribution < 1.29 is 24.5 Å². The van der Waals surface area contributed by atoms with E-state index < -0.39 is 29.7 Å². The molecular formula is C22H32O5. The number of ketones is 1. The quantitative estimate of drug-likeness (QED) is 0.543. The number of carbonyl (C=O) groups excluding carboxylic acids is 2. The molecule has 27 heavy (non-hydrogen) atoms. The fourth-order valence-electron chi connectivity index (χ4n) is 7.65. The summed E-state index contributed by atoms with van der Waals surface area (Å²) >= 11 is 0. The molecule has 8 atom stereocenters. The van der Waals surface area contributed by atoms with Crippen LogP contribution in [0, 0.1) is 34.0 Å². The predicted octanol–water partition coefficient (Wildman–Crippen LogP) is 2.64. The first kappa shape index (κ1) is 19.1.